The number of benzene rings is 1. The molecule has 4 nitrogen and oxygen atoms in total. The molecule has 2 rings (SSSR count). The molecule has 1 fully saturated rings. The van der Waals surface area contributed by atoms with Crippen LogP contribution in [0, 0.1) is 6.67 Å². The van der Waals surface area contributed by atoms with Crippen LogP contribution in [0.4, 0.5) is 4.79 Å². The number of rotatable bonds is 2. The number of ether oxygens (including phenoxy) is 1. The lowest BCUT2D eigenvalue weighted by Gasteiger charge is -2.03. The van der Waals surface area contributed by atoms with Gasteiger partial charge in [-0.1, -0.05) is 30.3 Å². The molecule has 1 aliphatic heterocycles. The SMILES string of the molecule is O=C(OCc1ccccc1)N1[CH]N1. The quantitative estimate of drug-likeness (QED) is 0.692. The third kappa shape index (κ3) is 2.19. The van der Waals surface area contributed by atoms with Gasteiger partial charge in [0.05, 0.1) is 0 Å². The molecule has 0 unspecified atom stereocenters. The summed E-state index contributed by atoms with van der Waals surface area (Å²) < 4.78 is 4.95. The van der Waals surface area contributed by atoms with Crippen molar-refractivity contribution in [3.8, 4) is 0 Å². The summed E-state index contributed by atoms with van der Waals surface area (Å²) in [4.78, 5) is 11.0. The van der Waals surface area contributed by atoms with E-state index in [1.54, 1.807) is 0 Å². The van der Waals surface area contributed by atoms with Crippen LogP contribution in [0.3, 0.4) is 0 Å². The molecule has 1 saturated heterocycles. The maximum atomic E-state index is 11.0. The Bertz CT molecular complexity index is 296. The number of hydrogen-bond donors (Lipinski definition) is 1. The van der Waals surface area contributed by atoms with Gasteiger partial charge in [0, 0.05) is 0 Å². The highest BCUT2D eigenvalue weighted by molar-refractivity contribution is 5.70. The Morgan fingerprint density at radius 1 is 1.38 bits per heavy atom. The molecule has 1 radical (unpaired) electrons. The van der Waals surface area contributed by atoms with Crippen LogP contribution in [0.5, 0.6) is 0 Å². The van der Waals surface area contributed by atoms with Crippen molar-refractivity contribution >= 4 is 6.09 Å². The van der Waals surface area contributed by atoms with E-state index in [1.165, 1.54) is 11.7 Å². The summed E-state index contributed by atoms with van der Waals surface area (Å²) in [6.45, 7) is 1.85. The summed E-state index contributed by atoms with van der Waals surface area (Å²) >= 11 is 0. The molecule has 4 heteroatoms. The van der Waals surface area contributed by atoms with Crippen LogP contribution < -0.4 is 5.43 Å². The topological polar surface area (TPSA) is 51.2 Å². The molecule has 1 aromatic rings. The minimum Gasteiger partial charge on any atom is -0.444 e. The van der Waals surface area contributed by atoms with E-state index in [4.69, 9.17) is 4.74 Å². The highest BCUT2D eigenvalue weighted by atomic mass is 16.6. The Kier molecular flexibility index (Phi) is 2.14. The summed E-state index contributed by atoms with van der Waals surface area (Å²) in [6, 6.07) is 9.56. The van der Waals surface area contributed by atoms with E-state index in [2.05, 4.69) is 5.43 Å². The van der Waals surface area contributed by atoms with Crippen molar-refractivity contribution in [2.75, 3.05) is 0 Å². The lowest BCUT2D eigenvalue weighted by molar-refractivity contribution is 0.123. The molecule has 1 aromatic carbocycles. The van der Waals surface area contributed by atoms with Crippen molar-refractivity contribution in [2.45, 2.75) is 6.61 Å². The summed E-state index contributed by atoms with van der Waals surface area (Å²) in [5.74, 6) is 0. The van der Waals surface area contributed by atoms with Gasteiger partial charge in [-0.05, 0) is 5.56 Å². The van der Waals surface area contributed by atoms with E-state index in [1.807, 2.05) is 30.3 Å². The van der Waals surface area contributed by atoms with Gasteiger partial charge in [-0.25, -0.2) is 9.80 Å². The summed E-state index contributed by atoms with van der Waals surface area (Å²) in [5.41, 5.74) is 3.59. The summed E-state index contributed by atoms with van der Waals surface area (Å²) in [7, 11) is 0. The van der Waals surface area contributed by atoms with Crippen LogP contribution in [-0.2, 0) is 11.3 Å². The molecule has 0 spiro atoms. The first-order valence-electron chi connectivity index (χ1n) is 3.96. The van der Waals surface area contributed by atoms with Crippen molar-refractivity contribution in [1.29, 1.82) is 0 Å². The molecular formula is C9H9N2O2. The van der Waals surface area contributed by atoms with Crippen LogP contribution in [-0.4, -0.2) is 11.1 Å². The third-order valence-corrected chi connectivity index (χ3v) is 1.66. The molecule has 0 saturated carbocycles. The van der Waals surface area contributed by atoms with Crippen LogP contribution in [0.2, 0.25) is 0 Å². The zero-order valence-electron chi connectivity index (χ0n) is 6.93. The number of nitrogens with zero attached hydrogens (tertiary/aromatic N) is 1. The number of carbonyl (C=O) groups excluding carboxylic acids is 1. The fourth-order valence-corrected chi connectivity index (χ4v) is 0.923. The summed E-state index contributed by atoms with van der Waals surface area (Å²) in [5, 5.41) is 1.28. The van der Waals surface area contributed by atoms with Gasteiger partial charge in [0.15, 0.2) is 6.67 Å². The van der Waals surface area contributed by atoms with Gasteiger partial charge in [0.25, 0.3) is 0 Å². The zero-order valence-corrected chi connectivity index (χ0v) is 6.93. The molecular weight excluding hydrogens is 168 g/mol. The Hall–Kier alpha value is -1.55. The fourth-order valence-electron chi connectivity index (χ4n) is 0.923. The molecule has 1 N–H and O–H groups in total. The minimum atomic E-state index is -0.371. The van der Waals surface area contributed by atoms with Gasteiger partial charge in [-0.15, -0.1) is 0 Å². The smallest absolute Gasteiger partial charge is 0.426 e. The number of hydrazine groups is 1. The molecule has 0 atom stereocenters. The molecule has 1 heterocycles. The molecule has 67 valence electrons. The predicted molar refractivity (Wildman–Crippen MR) is 45.9 cm³/mol. The highest BCUT2D eigenvalue weighted by Gasteiger charge is 2.25. The third-order valence-electron chi connectivity index (χ3n) is 1.66. The fraction of sp³-hybridized carbons (Fsp3) is 0.111. The van der Waals surface area contributed by atoms with Gasteiger partial charge < -0.3 is 4.74 Å². The van der Waals surface area contributed by atoms with E-state index in [9.17, 15) is 4.79 Å². The normalized spacial score (nSPS) is 14.0. The average molecular weight is 177 g/mol. The maximum absolute atomic E-state index is 11.0. The van der Waals surface area contributed by atoms with E-state index in [0.717, 1.165) is 5.56 Å². The number of nitrogens with one attached hydrogen (secondary N) is 1. The first-order valence-corrected chi connectivity index (χ1v) is 3.96. The molecule has 13 heavy (non-hydrogen) atoms. The Balaban J connectivity index is 1.82. The van der Waals surface area contributed by atoms with Gasteiger partial charge in [0.1, 0.15) is 6.61 Å². The van der Waals surface area contributed by atoms with E-state index in [0.29, 0.717) is 6.61 Å². The van der Waals surface area contributed by atoms with E-state index in [-0.39, 0.29) is 6.09 Å². The number of amides is 1. The Morgan fingerprint density at radius 2 is 2.08 bits per heavy atom. The molecule has 0 bridgehead atoms. The van der Waals surface area contributed by atoms with Crippen LogP contribution in [0.25, 0.3) is 0 Å². The lowest BCUT2D eigenvalue weighted by Crippen LogP contribution is -2.14. The Labute approximate surface area is 76.1 Å². The van der Waals surface area contributed by atoms with Crippen LogP contribution >= 0.6 is 0 Å². The van der Waals surface area contributed by atoms with Crippen molar-refractivity contribution in [3.63, 3.8) is 0 Å². The maximum Gasteiger partial charge on any atom is 0.426 e. The highest BCUT2D eigenvalue weighted by Crippen LogP contribution is 2.07. The summed E-state index contributed by atoms with van der Waals surface area (Å²) in [6.07, 6.45) is -0.371. The standard InChI is InChI=1S/C9H9N2O2/c12-9(11-7-10-11)13-6-8-4-2-1-3-5-8/h1-5,7,10H,6H2. The predicted octanol–water partition coefficient (Wildman–Crippen LogP) is 1.26. The second kappa shape index (κ2) is 3.45. The van der Waals surface area contributed by atoms with Crippen LogP contribution in [0.1, 0.15) is 5.56 Å². The van der Waals surface area contributed by atoms with Gasteiger partial charge >= 0.3 is 6.09 Å². The Morgan fingerprint density at radius 3 is 2.69 bits per heavy atom. The van der Waals surface area contributed by atoms with Gasteiger partial charge in [-0.2, -0.15) is 5.43 Å². The number of carbonyl (C=O) groups is 1. The van der Waals surface area contributed by atoms with Crippen molar-refractivity contribution in [3.05, 3.63) is 42.6 Å². The largest absolute Gasteiger partial charge is 0.444 e. The monoisotopic (exact) mass is 177 g/mol. The second-order valence-corrected chi connectivity index (χ2v) is 2.67. The first kappa shape index (κ1) is 8.07. The van der Waals surface area contributed by atoms with Crippen LogP contribution in [0.15, 0.2) is 30.3 Å². The molecule has 0 aromatic heterocycles. The van der Waals surface area contributed by atoms with E-state index < -0.39 is 0 Å². The van der Waals surface area contributed by atoms with Gasteiger partial charge in [-0.3, -0.25) is 0 Å². The molecule has 1 aliphatic rings. The lowest BCUT2D eigenvalue weighted by atomic mass is 10.2. The molecule has 1 amide bonds. The number of hydrogen-bond acceptors (Lipinski definition) is 3. The van der Waals surface area contributed by atoms with Crippen molar-refractivity contribution in [2.24, 2.45) is 0 Å². The average Bonchev–Trinajstić information content (AvgIpc) is 2.99. The van der Waals surface area contributed by atoms with E-state index >= 15 is 0 Å². The van der Waals surface area contributed by atoms with Crippen molar-refractivity contribution < 1.29 is 9.53 Å². The minimum absolute atomic E-state index is 0.311. The molecule has 0 aliphatic carbocycles. The van der Waals surface area contributed by atoms with Crippen molar-refractivity contribution in [1.82, 2.24) is 10.4 Å². The van der Waals surface area contributed by atoms with Gasteiger partial charge in [0.2, 0.25) is 0 Å². The first-order chi connectivity index (χ1) is 6.36. The zero-order chi connectivity index (χ0) is 9.10. The second-order valence-electron chi connectivity index (χ2n) is 2.67.